The Balaban J connectivity index is 2.16. The fraction of sp³-hybridized carbons (Fsp3) is 0.857. The van der Waals surface area contributed by atoms with Crippen LogP contribution in [0.5, 0.6) is 0 Å². The first-order chi connectivity index (χ1) is 7.89. The van der Waals surface area contributed by atoms with Crippen molar-refractivity contribution in [3.8, 4) is 0 Å². The van der Waals surface area contributed by atoms with Gasteiger partial charge in [-0.2, -0.15) is 0 Å². The van der Waals surface area contributed by atoms with Gasteiger partial charge in [-0.3, -0.25) is 0 Å². The van der Waals surface area contributed by atoms with Crippen LogP contribution in [-0.2, 0) is 9.31 Å². The van der Waals surface area contributed by atoms with Crippen LogP contribution in [0.15, 0.2) is 12.7 Å². The number of rotatable bonds is 7. The molecular formula is C14H27BO2. The van der Waals surface area contributed by atoms with E-state index in [9.17, 15) is 0 Å². The first kappa shape index (κ1) is 14.8. The van der Waals surface area contributed by atoms with Gasteiger partial charge in [-0.05, 0) is 46.9 Å². The van der Waals surface area contributed by atoms with Gasteiger partial charge in [0.15, 0.2) is 0 Å². The molecule has 1 saturated heterocycles. The van der Waals surface area contributed by atoms with Crippen LogP contribution in [0, 0.1) is 0 Å². The molecule has 0 spiro atoms. The van der Waals surface area contributed by atoms with E-state index >= 15 is 0 Å². The minimum absolute atomic E-state index is 0.0144. The van der Waals surface area contributed by atoms with E-state index in [0.717, 1.165) is 12.7 Å². The van der Waals surface area contributed by atoms with Gasteiger partial charge in [0, 0.05) is 0 Å². The Morgan fingerprint density at radius 3 is 2.00 bits per heavy atom. The molecule has 0 unspecified atom stereocenters. The van der Waals surface area contributed by atoms with Gasteiger partial charge in [0.05, 0.1) is 11.2 Å². The summed E-state index contributed by atoms with van der Waals surface area (Å²) in [7, 11) is -0.0144. The quantitative estimate of drug-likeness (QED) is 0.375. The molecule has 98 valence electrons. The van der Waals surface area contributed by atoms with Crippen LogP contribution in [-0.4, -0.2) is 18.3 Å². The van der Waals surface area contributed by atoms with Gasteiger partial charge in [0.1, 0.15) is 0 Å². The molecule has 0 bridgehead atoms. The van der Waals surface area contributed by atoms with Gasteiger partial charge in [0.25, 0.3) is 0 Å². The summed E-state index contributed by atoms with van der Waals surface area (Å²) in [5.41, 5.74) is -0.360. The second-order valence-corrected chi connectivity index (χ2v) is 5.97. The third-order valence-electron chi connectivity index (χ3n) is 3.90. The molecular weight excluding hydrogens is 211 g/mol. The number of unbranched alkanes of at least 4 members (excludes halogenated alkanes) is 4. The Morgan fingerprint density at radius 2 is 1.47 bits per heavy atom. The number of hydrogen-bond donors (Lipinski definition) is 0. The largest absolute Gasteiger partial charge is 0.457 e. The van der Waals surface area contributed by atoms with Crippen LogP contribution in [0.3, 0.4) is 0 Å². The minimum atomic E-state index is -0.180. The molecule has 0 saturated carbocycles. The van der Waals surface area contributed by atoms with Crippen LogP contribution in [0.4, 0.5) is 0 Å². The first-order valence-electron chi connectivity index (χ1n) is 6.85. The van der Waals surface area contributed by atoms with Gasteiger partial charge in [-0.25, -0.2) is 0 Å². The van der Waals surface area contributed by atoms with Crippen LogP contribution in [0.2, 0.25) is 6.32 Å². The maximum absolute atomic E-state index is 5.95. The average Bonchev–Trinajstić information content (AvgIpc) is 2.41. The summed E-state index contributed by atoms with van der Waals surface area (Å²) in [5, 5.41) is 0. The molecule has 1 aliphatic heterocycles. The summed E-state index contributed by atoms with van der Waals surface area (Å²) in [6.45, 7) is 12.2. The van der Waals surface area contributed by atoms with Crippen LogP contribution >= 0.6 is 0 Å². The molecule has 1 rings (SSSR count). The van der Waals surface area contributed by atoms with Crippen molar-refractivity contribution in [1.82, 2.24) is 0 Å². The molecule has 0 aromatic carbocycles. The molecule has 2 nitrogen and oxygen atoms in total. The summed E-state index contributed by atoms with van der Waals surface area (Å²) >= 11 is 0. The van der Waals surface area contributed by atoms with E-state index < -0.39 is 0 Å². The van der Waals surface area contributed by atoms with Gasteiger partial charge in [-0.15, -0.1) is 6.58 Å². The lowest BCUT2D eigenvalue weighted by molar-refractivity contribution is 0.00578. The fourth-order valence-electron chi connectivity index (χ4n) is 2.04. The third-order valence-corrected chi connectivity index (χ3v) is 3.90. The summed E-state index contributed by atoms with van der Waals surface area (Å²) < 4.78 is 11.9. The van der Waals surface area contributed by atoms with Crippen molar-refractivity contribution >= 4 is 7.12 Å². The van der Waals surface area contributed by atoms with Crippen molar-refractivity contribution in [1.29, 1.82) is 0 Å². The molecule has 1 fully saturated rings. The van der Waals surface area contributed by atoms with Crippen molar-refractivity contribution in [2.45, 2.75) is 77.3 Å². The molecule has 17 heavy (non-hydrogen) atoms. The normalized spacial score (nSPS) is 21.8. The lowest BCUT2D eigenvalue weighted by Gasteiger charge is -2.32. The Labute approximate surface area is 107 Å². The molecule has 0 aromatic rings. The molecule has 0 N–H and O–H groups in total. The highest BCUT2D eigenvalue weighted by atomic mass is 16.7. The predicted octanol–water partition coefficient (Wildman–Crippen LogP) is 4.22. The van der Waals surface area contributed by atoms with E-state index in [2.05, 4.69) is 34.3 Å². The average molecular weight is 238 g/mol. The van der Waals surface area contributed by atoms with E-state index in [0.29, 0.717) is 0 Å². The van der Waals surface area contributed by atoms with Crippen molar-refractivity contribution in [2.24, 2.45) is 0 Å². The Kier molecular flexibility index (Phi) is 5.27. The lowest BCUT2D eigenvalue weighted by Crippen LogP contribution is -2.41. The standard InChI is InChI=1S/C14H27BO2/c1-6-7-8-9-10-11-12-15-16-13(2,3)14(4,5)17-15/h6H,1,7-12H2,2-5H3. The summed E-state index contributed by atoms with van der Waals surface area (Å²) in [6.07, 6.45) is 9.13. The molecule has 0 radical (unpaired) electrons. The van der Waals surface area contributed by atoms with E-state index in [1.54, 1.807) is 0 Å². The van der Waals surface area contributed by atoms with E-state index in [1.165, 1.54) is 25.7 Å². The smallest absolute Gasteiger partial charge is 0.403 e. The van der Waals surface area contributed by atoms with Crippen LogP contribution in [0.1, 0.15) is 59.8 Å². The predicted molar refractivity (Wildman–Crippen MR) is 74.2 cm³/mol. The number of hydrogen-bond acceptors (Lipinski definition) is 2. The molecule has 0 aliphatic carbocycles. The summed E-state index contributed by atoms with van der Waals surface area (Å²) in [5.74, 6) is 0. The topological polar surface area (TPSA) is 18.5 Å². The highest BCUT2D eigenvalue weighted by Crippen LogP contribution is 2.38. The molecule has 0 atom stereocenters. The zero-order valence-corrected chi connectivity index (χ0v) is 11.9. The minimum Gasteiger partial charge on any atom is -0.403 e. The van der Waals surface area contributed by atoms with Crippen molar-refractivity contribution in [3.05, 3.63) is 12.7 Å². The molecule has 1 heterocycles. The highest BCUT2D eigenvalue weighted by Gasteiger charge is 2.50. The second-order valence-electron chi connectivity index (χ2n) is 5.97. The highest BCUT2D eigenvalue weighted by molar-refractivity contribution is 6.45. The van der Waals surface area contributed by atoms with Gasteiger partial charge in [0.2, 0.25) is 0 Å². The SMILES string of the molecule is C=CCCCCCCB1OC(C)(C)C(C)(C)O1. The lowest BCUT2D eigenvalue weighted by atomic mass is 9.82. The fourth-order valence-corrected chi connectivity index (χ4v) is 2.04. The van der Waals surface area contributed by atoms with Crippen LogP contribution in [0.25, 0.3) is 0 Å². The van der Waals surface area contributed by atoms with Crippen LogP contribution < -0.4 is 0 Å². The third kappa shape index (κ3) is 4.15. The van der Waals surface area contributed by atoms with E-state index in [4.69, 9.17) is 9.31 Å². The molecule has 0 amide bonds. The molecule has 0 aromatic heterocycles. The zero-order valence-electron chi connectivity index (χ0n) is 11.9. The summed E-state index contributed by atoms with van der Waals surface area (Å²) in [6, 6.07) is 0. The Morgan fingerprint density at radius 1 is 0.941 bits per heavy atom. The summed E-state index contributed by atoms with van der Waals surface area (Å²) in [4.78, 5) is 0. The molecule has 3 heteroatoms. The van der Waals surface area contributed by atoms with E-state index in [1.807, 2.05) is 6.08 Å². The first-order valence-corrected chi connectivity index (χ1v) is 6.85. The van der Waals surface area contributed by atoms with Gasteiger partial charge < -0.3 is 9.31 Å². The Bertz CT molecular complexity index is 233. The van der Waals surface area contributed by atoms with Gasteiger partial charge >= 0.3 is 7.12 Å². The monoisotopic (exact) mass is 238 g/mol. The van der Waals surface area contributed by atoms with Crippen molar-refractivity contribution in [3.63, 3.8) is 0 Å². The molecule has 1 aliphatic rings. The zero-order chi connectivity index (χ0) is 12.9. The number of allylic oxidation sites excluding steroid dienone is 1. The maximum atomic E-state index is 5.95. The second kappa shape index (κ2) is 6.06. The van der Waals surface area contributed by atoms with Gasteiger partial charge in [-0.1, -0.05) is 25.3 Å². The maximum Gasteiger partial charge on any atom is 0.457 e. The van der Waals surface area contributed by atoms with Crippen molar-refractivity contribution in [2.75, 3.05) is 0 Å². The Hall–Kier alpha value is -0.275. The van der Waals surface area contributed by atoms with E-state index in [-0.39, 0.29) is 18.3 Å². The van der Waals surface area contributed by atoms with Crippen molar-refractivity contribution < 1.29 is 9.31 Å².